The second kappa shape index (κ2) is 12.4. The van der Waals surface area contributed by atoms with E-state index in [0.717, 1.165) is 48.9 Å². The van der Waals surface area contributed by atoms with Crippen molar-refractivity contribution >= 4 is 6.09 Å². The molecule has 5 heteroatoms. The van der Waals surface area contributed by atoms with Crippen LogP contribution in [0.5, 0.6) is 0 Å². The highest BCUT2D eigenvalue weighted by Gasteiger charge is 2.58. The maximum Gasteiger partial charge on any atom is 0.407 e. The minimum atomic E-state index is -0.292. The van der Waals surface area contributed by atoms with Crippen LogP contribution in [-0.2, 0) is 4.74 Å². The first kappa shape index (κ1) is 28.9. The lowest BCUT2D eigenvalue weighted by Crippen LogP contribution is -2.50. The summed E-state index contributed by atoms with van der Waals surface area (Å²) in [6.45, 7) is 11.9. The van der Waals surface area contributed by atoms with Crippen LogP contribution in [0.1, 0.15) is 106 Å². The van der Waals surface area contributed by atoms with Crippen molar-refractivity contribution in [3.63, 3.8) is 0 Å². The van der Waals surface area contributed by atoms with Crippen molar-refractivity contribution in [3.8, 4) is 0 Å². The molecule has 0 aromatic carbocycles. The monoisotopic (exact) mass is 518 g/mol. The van der Waals surface area contributed by atoms with Gasteiger partial charge in [-0.2, -0.15) is 0 Å². The molecule has 4 rings (SSSR count). The number of carbonyl (C=O) groups is 1. The molecule has 37 heavy (non-hydrogen) atoms. The number of allylic oxidation sites excluding steroid dienone is 1. The van der Waals surface area contributed by atoms with Crippen molar-refractivity contribution in [2.24, 2.45) is 40.4 Å². The summed E-state index contributed by atoms with van der Waals surface area (Å²) in [5.41, 5.74) is 2.43. The highest BCUT2D eigenvalue weighted by atomic mass is 16.6. The number of alkyl carbamates (subject to hydrolysis) is 1. The zero-order chi connectivity index (χ0) is 26.6. The summed E-state index contributed by atoms with van der Waals surface area (Å²) in [7, 11) is 1.95. The second-order valence-electron chi connectivity index (χ2n) is 14.0. The number of hydrogen-bond acceptors (Lipinski definition) is 4. The molecule has 7 atom stereocenters. The zero-order valence-electron chi connectivity index (χ0n) is 24.6. The van der Waals surface area contributed by atoms with Gasteiger partial charge >= 0.3 is 6.09 Å². The van der Waals surface area contributed by atoms with E-state index in [1.807, 2.05) is 11.9 Å². The third-order valence-corrected chi connectivity index (χ3v) is 11.4. The van der Waals surface area contributed by atoms with Crippen LogP contribution in [0.2, 0.25) is 0 Å². The molecule has 3 fully saturated rings. The summed E-state index contributed by atoms with van der Waals surface area (Å²) in [6, 6.07) is 0. The average molecular weight is 519 g/mol. The van der Waals surface area contributed by atoms with Gasteiger partial charge in [0, 0.05) is 27.5 Å². The van der Waals surface area contributed by atoms with Gasteiger partial charge in [0.1, 0.15) is 6.10 Å². The number of carbonyl (C=O) groups excluding carboxylic acids is 1. The van der Waals surface area contributed by atoms with Crippen molar-refractivity contribution in [2.75, 3.05) is 33.3 Å². The number of rotatable bonds is 11. The Labute approximate surface area is 228 Å². The third kappa shape index (κ3) is 6.40. The standard InChI is InChI=1S/C32H56N2O3.H2/c1-23(2)8-6-7-9-24-11-13-28-27-12-10-25-22-26(37-30(36)33-18-19-34(5)20-21-35)14-16-32(25,4)29(27)15-17-31(24,28)3;/h10,23-24,26-29,35H,6-9,11-22H2,1-5H3,(H,33,36);1H. The summed E-state index contributed by atoms with van der Waals surface area (Å²) in [5.74, 6) is 4.34. The third-order valence-electron chi connectivity index (χ3n) is 11.4. The van der Waals surface area contributed by atoms with Crippen LogP contribution in [0.3, 0.4) is 0 Å². The van der Waals surface area contributed by atoms with Crippen molar-refractivity contribution in [3.05, 3.63) is 11.6 Å². The predicted octanol–water partition coefficient (Wildman–Crippen LogP) is 7.05. The molecule has 0 aromatic rings. The first-order valence-corrected chi connectivity index (χ1v) is 15.6. The number of aliphatic hydroxyl groups excluding tert-OH is 1. The van der Waals surface area contributed by atoms with E-state index in [1.165, 1.54) is 57.8 Å². The quantitative estimate of drug-likeness (QED) is 0.227. The average Bonchev–Trinajstić information content (AvgIpc) is 3.18. The van der Waals surface area contributed by atoms with Crippen molar-refractivity contribution in [1.82, 2.24) is 10.2 Å². The van der Waals surface area contributed by atoms with Gasteiger partial charge in [-0.05, 0) is 98.8 Å². The number of nitrogens with one attached hydrogen (secondary N) is 1. The molecule has 2 N–H and O–H groups in total. The van der Waals surface area contributed by atoms with Gasteiger partial charge in [-0.25, -0.2) is 4.79 Å². The molecule has 0 aromatic heterocycles. The summed E-state index contributed by atoms with van der Waals surface area (Å²) in [5, 5.41) is 11.9. The molecule has 7 unspecified atom stereocenters. The number of hydrogen-bond donors (Lipinski definition) is 2. The number of nitrogens with zero attached hydrogens (tertiary/aromatic N) is 1. The van der Waals surface area contributed by atoms with E-state index < -0.39 is 0 Å². The lowest BCUT2D eigenvalue weighted by Gasteiger charge is -2.58. The molecule has 0 bridgehead atoms. The van der Waals surface area contributed by atoms with Gasteiger partial charge in [0.05, 0.1) is 6.61 Å². The molecule has 3 saturated carbocycles. The minimum Gasteiger partial charge on any atom is -0.446 e. The van der Waals surface area contributed by atoms with E-state index >= 15 is 0 Å². The van der Waals surface area contributed by atoms with E-state index in [9.17, 15) is 4.79 Å². The predicted molar refractivity (Wildman–Crippen MR) is 153 cm³/mol. The largest absolute Gasteiger partial charge is 0.446 e. The molecule has 0 aliphatic heterocycles. The van der Waals surface area contributed by atoms with E-state index in [4.69, 9.17) is 9.84 Å². The molecule has 0 saturated heterocycles. The van der Waals surface area contributed by atoms with Gasteiger partial charge in [0.2, 0.25) is 0 Å². The van der Waals surface area contributed by atoms with Gasteiger partial charge in [-0.15, -0.1) is 0 Å². The Morgan fingerprint density at radius 3 is 2.73 bits per heavy atom. The molecule has 0 heterocycles. The molecule has 214 valence electrons. The summed E-state index contributed by atoms with van der Waals surface area (Å²) < 4.78 is 5.87. The van der Waals surface area contributed by atoms with E-state index in [1.54, 1.807) is 5.57 Å². The van der Waals surface area contributed by atoms with Crippen LogP contribution < -0.4 is 5.32 Å². The minimum absolute atomic E-state index is 0. The topological polar surface area (TPSA) is 61.8 Å². The highest BCUT2D eigenvalue weighted by molar-refractivity contribution is 5.67. The van der Waals surface area contributed by atoms with Crippen LogP contribution in [0.15, 0.2) is 11.6 Å². The molecule has 5 nitrogen and oxygen atoms in total. The smallest absolute Gasteiger partial charge is 0.407 e. The Bertz CT molecular complexity index is 804. The SMILES string of the molecule is CC(C)CCCCC1CCC2C3CC=C4CC(OC(=O)NCCN(C)CCO)CCC4(C)C3CCC12C.[HH]. The number of unbranched alkanes of at least 4 members (excludes halogenated alkanes) is 1. The van der Waals surface area contributed by atoms with Crippen molar-refractivity contribution < 1.29 is 16.1 Å². The normalized spacial score (nSPS) is 37.1. The number of amides is 1. The Kier molecular flexibility index (Phi) is 9.70. The second-order valence-corrected chi connectivity index (χ2v) is 14.0. The van der Waals surface area contributed by atoms with Crippen LogP contribution in [0.4, 0.5) is 4.79 Å². The van der Waals surface area contributed by atoms with Crippen LogP contribution in [0, 0.1) is 40.4 Å². The van der Waals surface area contributed by atoms with Crippen molar-refractivity contribution in [2.45, 2.75) is 111 Å². The molecule has 4 aliphatic carbocycles. The first-order chi connectivity index (χ1) is 17.7. The van der Waals surface area contributed by atoms with Gasteiger partial charge in [0.15, 0.2) is 0 Å². The number of likely N-dealkylation sites (N-methyl/N-ethyl adjacent to an activating group) is 1. The Morgan fingerprint density at radius 2 is 1.97 bits per heavy atom. The van der Waals surface area contributed by atoms with Gasteiger partial charge in [0.25, 0.3) is 0 Å². The lowest BCUT2D eigenvalue weighted by atomic mass is 9.47. The molecule has 0 radical (unpaired) electrons. The van der Waals surface area contributed by atoms with E-state index in [2.05, 4.69) is 39.1 Å². The molecular weight excluding hydrogens is 460 g/mol. The van der Waals surface area contributed by atoms with Gasteiger partial charge in [-0.3, -0.25) is 0 Å². The number of ether oxygens (including phenoxy) is 1. The Balaban J connectivity index is 0.00000400. The van der Waals surface area contributed by atoms with E-state index in [0.29, 0.717) is 30.5 Å². The van der Waals surface area contributed by atoms with Crippen LogP contribution in [0.25, 0.3) is 0 Å². The van der Waals surface area contributed by atoms with E-state index in [-0.39, 0.29) is 20.2 Å². The molecular formula is C32H58N2O3. The lowest BCUT2D eigenvalue weighted by molar-refractivity contribution is -0.0519. The molecule has 4 aliphatic rings. The van der Waals surface area contributed by atoms with Crippen LogP contribution in [-0.4, -0.2) is 55.5 Å². The molecule has 0 spiro atoms. The maximum absolute atomic E-state index is 12.4. The zero-order valence-corrected chi connectivity index (χ0v) is 24.6. The Morgan fingerprint density at radius 1 is 1.16 bits per heavy atom. The fraction of sp³-hybridized carbons (Fsp3) is 0.906. The number of fused-ring (bicyclic) bond motifs is 5. The fourth-order valence-corrected chi connectivity index (χ4v) is 9.08. The highest BCUT2D eigenvalue weighted by Crippen LogP contribution is 2.66. The molecule has 1 amide bonds. The van der Waals surface area contributed by atoms with Crippen molar-refractivity contribution in [1.29, 1.82) is 0 Å². The number of aliphatic hydroxyl groups is 1. The fourth-order valence-electron chi connectivity index (χ4n) is 9.08. The van der Waals surface area contributed by atoms with Gasteiger partial charge < -0.3 is 20.1 Å². The van der Waals surface area contributed by atoms with Gasteiger partial charge in [-0.1, -0.05) is 58.6 Å². The summed E-state index contributed by atoms with van der Waals surface area (Å²) in [4.78, 5) is 14.4. The summed E-state index contributed by atoms with van der Waals surface area (Å²) >= 11 is 0. The summed E-state index contributed by atoms with van der Waals surface area (Å²) in [6.07, 6.45) is 18.0. The maximum atomic E-state index is 12.4. The van der Waals surface area contributed by atoms with Crippen LogP contribution >= 0.6 is 0 Å². The Hall–Kier alpha value is -1.07. The first-order valence-electron chi connectivity index (χ1n) is 15.6.